The van der Waals surface area contributed by atoms with Gasteiger partial charge in [0.15, 0.2) is 0 Å². The largest absolute Gasteiger partial charge is 0.478 e. The van der Waals surface area contributed by atoms with Gasteiger partial charge in [-0.1, -0.05) is 24.3 Å². The van der Waals surface area contributed by atoms with E-state index in [4.69, 9.17) is 9.84 Å². The van der Waals surface area contributed by atoms with Gasteiger partial charge in [-0.25, -0.2) is 4.79 Å². The number of carbonyl (C=O) groups is 1. The fraction of sp³-hybridized carbons (Fsp3) is 0.471. The molecule has 1 aliphatic heterocycles. The number of carboxylic acids is 1. The lowest BCUT2D eigenvalue weighted by Crippen LogP contribution is -2.46. The van der Waals surface area contributed by atoms with Gasteiger partial charge in [0.25, 0.3) is 0 Å². The van der Waals surface area contributed by atoms with Crippen LogP contribution in [0.1, 0.15) is 30.9 Å². The maximum Gasteiger partial charge on any atom is 0.328 e. The van der Waals surface area contributed by atoms with Gasteiger partial charge in [0, 0.05) is 26.3 Å². The van der Waals surface area contributed by atoms with E-state index in [1.807, 2.05) is 18.2 Å². The molecule has 0 bridgehead atoms. The molecule has 1 atom stereocenters. The van der Waals surface area contributed by atoms with Crippen LogP contribution in [0.2, 0.25) is 0 Å². The maximum absolute atomic E-state index is 10.6. The zero-order chi connectivity index (χ0) is 15.3. The molecule has 0 amide bonds. The van der Waals surface area contributed by atoms with Gasteiger partial charge in [-0.15, -0.1) is 0 Å². The highest BCUT2D eigenvalue weighted by atomic mass is 16.5. The SMILES string of the molecule is COC1(C)CCCN(Cc2cccc(/C=C/C(=O)O)c2)C1. The first-order chi connectivity index (χ1) is 10.0. The Morgan fingerprint density at radius 3 is 3.05 bits per heavy atom. The number of rotatable bonds is 5. The molecule has 0 aliphatic carbocycles. The number of benzene rings is 1. The Morgan fingerprint density at radius 1 is 1.52 bits per heavy atom. The average molecular weight is 289 g/mol. The number of aliphatic carboxylic acids is 1. The summed E-state index contributed by atoms with van der Waals surface area (Å²) in [5, 5.41) is 8.68. The number of piperidine rings is 1. The number of likely N-dealkylation sites (tertiary alicyclic amines) is 1. The molecule has 0 spiro atoms. The van der Waals surface area contributed by atoms with Crippen molar-refractivity contribution in [1.29, 1.82) is 0 Å². The lowest BCUT2D eigenvalue weighted by molar-refractivity contribution is -0.131. The van der Waals surface area contributed by atoms with Crippen molar-refractivity contribution in [1.82, 2.24) is 4.90 Å². The molecule has 1 heterocycles. The van der Waals surface area contributed by atoms with Gasteiger partial charge in [0.1, 0.15) is 0 Å². The van der Waals surface area contributed by atoms with Crippen LogP contribution in [0.3, 0.4) is 0 Å². The number of nitrogens with zero attached hydrogens (tertiary/aromatic N) is 1. The average Bonchev–Trinajstić information content (AvgIpc) is 2.46. The molecule has 1 unspecified atom stereocenters. The molecule has 0 aromatic heterocycles. The van der Waals surface area contributed by atoms with Crippen molar-refractivity contribution in [3.05, 3.63) is 41.5 Å². The molecule has 1 saturated heterocycles. The second kappa shape index (κ2) is 6.87. The molecule has 1 N–H and O–H groups in total. The Bertz CT molecular complexity index is 527. The van der Waals surface area contributed by atoms with Gasteiger partial charge < -0.3 is 9.84 Å². The van der Waals surface area contributed by atoms with Crippen molar-refractivity contribution in [2.45, 2.75) is 31.9 Å². The van der Waals surface area contributed by atoms with Gasteiger partial charge in [-0.3, -0.25) is 4.90 Å². The van der Waals surface area contributed by atoms with Gasteiger partial charge in [0.05, 0.1) is 5.60 Å². The third kappa shape index (κ3) is 4.69. The van der Waals surface area contributed by atoms with Crippen molar-refractivity contribution in [3.8, 4) is 0 Å². The monoisotopic (exact) mass is 289 g/mol. The van der Waals surface area contributed by atoms with Crippen LogP contribution in [0.4, 0.5) is 0 Å². The fourth-order valence-electron chi connectivity index (χ4n) is 2.83. The summed E-state index contributed by atoms with van der Waals surface area (Å²) in [6.45, 7) is 5.03. The minimum absolute atomic E-state index is 0.0565. The third-order valence-corrected chi connectivity index (χ3v) is 4.01. The van der Waals surface area contributed by atoms with Crippen LogP contribution in [-0.4, -0.2) is 41.8 Å². The van der Waals surface area contributed by atoms with Crippen LogP contribution < -0.4 is 0 Å². The Morgan fingerprint density at radius 2 is 2.33 bits per heavy atom. The molecular weight excluding hydrogens is 266 g/mol. The molecule has 0 saturated carbocycles. The summed E-state index contributed by atoms with van der Waals surface area (Å²) in [5.74, 6) is -0.924. The van der Waals surface area contributed by atoms with E-state index in [1.165, 1.54) is 11.6 Å². The van der Waals surface area contributed by atoms with Crippen molar-refractivity contribution in [3.63, 3.8) is 0 Å². The topological polar surface area (TPSA) is 49.8 Å². The van der Waals surface area contributed by atoms with Crippen molar-refractivity contribution < 1.29 is 14.6 Å². The molecule has 21 heavy (non-hydrogen) atoms. The predicted octanol–water partition coefficient (Wildman–Crippen LogP) is 2.79. The summed E-state index contributed by atoms with van der Waals surface area (Å²) >= 11 is 0. The highest BCUT2D eigenvalue weighted by Crippen LogP contribution is 2.25. The van der Waals surface area contributed by atoms with Crippen LogP contribution >= 0.6 is 0 Å². The summed E-state index contributed by atoms with van der Waals surface area (Å²) in [6.07, 6.45) is 5.04. The van der Waals surface area contributed by atoms with Gasteiger partial charge >= 0.3 is 5.97 Å². The third-order valence-electron chi connectivity index (χ3n) is 4.01. The molecule has 1 fully saturated rings. The highest BCUT2D eigenvalue weighted by Gasteiger charge is 2.30. The first-order valence-corrected chi connectivity index (χ1v) is 7.28. The minimum atomic E-state index is -0.924. The number of hydrogen-bond acceptors (Lipinski definition) is 3. The predicted molar refractivity (Wildman–Crippen MR) is 83.0 cm³/mol. The minimum Gasteiger partial charge on any atom is -0.478 e. The normalized spacial score (nSPS) is 23.5. The number of ether oxygens (including phenoxy) is 1. The molecule has 1 aliphatic rings. The van der Waals surface area contributed by atoms with Gasteiger partial charge in [0.2, 0.25) is 0 Å². The van der Waals surface area contributed by atoms with Crippen LogP contribution in [0.25, 0.3) is 6.08 Å². The van der Waals surface area contributed by atoms with Crippen molar-refractivity contribution in [2.75, 3.05) is 20.2 Å². The molecule has 4 nitrogen and oxygen atoms in total. The summed E-state index contributed by atoms with van der Waals surface area (Å²) in [4.78, 5) is 13.0. The van der Waals surface area contributed by atoms with E-state index in [2.05, 4.69) is 17.9 Å². The first kappa shape index (κ1) is 15.7. The van der Waals surface area contributed by atoms with Gasteiger partial charge in [-0.2, -0.15) is 0 Å². The zero-order valence-electron chi connectivity index (χ0n) is 12.7. The van der Waals surface area contributed by atoms with E-state index in [1.54, 1.807) is 13.2 Å². The van der Waals surface area contributed by atoms with E-state index >= 15 is 0 Å². The van der Waals surface area contributed by atoms with E-state index in [-0.39, 0.29) is 5.60 Å². The number of carboxylic acid groups (broad SMARTS) is 1. The molecule has 0 radical (unpaired) electrons. The number of methoxy groups -OCH3 is 1. The molecular formula is C17H23NO3. The van der Waals surface area contributed by atoms with Crippen molar-refractivity contribution in [2.24, 2.45) is 0 Å². The molecule has 114 valence electrons. The first-order valence-electron chi connectivity index (χ1n) is 7.28. The smallest absolute Gasteiger partial charge is 0.328 e. The summed E-state index contributed by atoms with van der Waals surface area (Å²) in [5.41, 5.74) is 2.06. The lowest BCUT2D eigenvalue weighted by Gasteiger charge is -2.39. The van der Waals surface area contributed by atoms with E-state index in [0.29, 0.717) is 0 Å². The van der Waals surface area contributed by atoms with Crippen LogP contribution in [-0.2, 0) is 16.1 Å². The van der Waals surface area contributed by atoms with Crippen LogP contribution in [0.5, 0.6) is 0 Å². The highest BCUT2D eigenvalue weighted by molar-refractivity contribution is 5.85. The standard InChI is InChI=1S/C17H23NO3/c1-17(21-2)9-4-10-18(13-17)12-15-6-3-5-14(11-15)7-8-16(19)20/h3,5-8,11H,4,9-10,12-13H2,1-2H3,(H,19,20)/b8-7+. The Balaban J connectivity index is 2.02. The second-order valence-corrected chi connectivity index (χ2v) is 5.88. The summed E-state index contributed by atoms with van der Waals surface area (Å²) in [7, 11) is 1.78. The molecule has 2 rings (SSSR count). The molecule has 1 aromatic rings. The van der Waals surface area contributed by atoms with E-state index < -0.39 is 5.97 Å². The Hall–Kier alpha value is -1.65. The quantitative estimate of drug-likeness (QED) is 0.847. The summed E-state index contributed by atoms with van der Waals surface area (Å²) in [6, 6.07) is 8.00. The molecule has 1 aromatic carbocycles. The summed E-state index contributed by atoms with van der Waals surface area (Å²) < 4.78 is 5.62. The zero-order valence-corrected chi connectivity index (χ0v) is 12.7. The van der Waals surface area contributed by atoms with Crippen LogP contribution in [0.15, 0.2) is 30.3 Å². The van der Waals surface area contributed by atoms with Crippen LogP contribution in [0, 0.1) is 0 Å². The van der Waals surface area contributed by atoms with Crippen molar-refractivity contribution >= 4 is 12.0 Å². The molecule has 4 heteroatoms. The fourth-order valence-corrected chi connectivity index (χ4v) is 2.83. The Labute approximate surface area is 126 Å². The van der Waals surface area contributed by atoms with E-state index in [0.717, 1.165) is 38.0 Å². The van der Waals surface area contributed by atoms with E-state index in [9.17, 15) is 4.79 Å². The van der Waals surface area contributed by atoms with Gasteiger partial charge in [-0.05, 0) is 43.5 Å². The second-order valence-electron chi connectivity index (χ2n) is 5.88. The maximum atomic E-state index is 10.6. The Kier molecular flexibility index (Phi) is 5.15. The number of hydrogen-bond donors (Lipinski definition) is 1. The lowest BCUT2D eigenvalue weighted by atomic mass is 9.94.